The molecule has 0 aromatic carbocycles. The Hall–Kier alpha value is -0.200. The molecule has 0 spiro atoms. The van der Waals surface area contributed by atoms with Crippen LogP contribution >= 0.6 is 0 Å². The van der Waals surface area contributed by atoms with Crippen molar-refractivity contribution in [3.8, 4) is 0 Å². The van der Waals surface area contributed by atoms with E-state index in [0.29, 0.717) is 6.42 Å². The van der Waals surface area contributed by atoms with Gasteiger partial charge in [-0.3, -0.25) is 0 Å². The molecule has 0 aromatic rings. The number of hydrogen-bond acceptors (Lipinski definition) is 5. The van der Waals surface area contributed by atoms with Crippen molar-refractivity contribution in [3.05, 3.63) is 0 Å². The highest BCUT2D eigenvalue weighted by molar-refractivity contribution is 5.00. The summed E-state index contributed by atoms with van der Waals surface area (Å²) < 4.78 is 0. The van der Waals surface area contributed by atoms with Crippen molar-refractivity contribution < 1.29 is 20.4 Å². The molecular formula is C16H33NO4. The van der Waals surface area contributed by atoms with Crippen molar-refractivity contribution in [3.63, 3.8) is 0 Å². The minimum atomic E-state index is -1.01. The van der Waals surface area contributed by atoms with E-state index in [-0.39, 0.29) is 6.61 Å². The Morgan fingerprint density at radius 1 is 0.905 bits per heavy atom. The number of unbranched alkanes of at least 4 members (excludes halogenated alkanes) is 7. The van der Waals surface area contributed by atoms with Crippen LogP contribution in [-0.4, -0.2) is 57.4 Å². The van der Waals surface area contributed by atoms with Gasteiger partial charge in [0.2, 0.25) is 0 Å². The third-order valence-electron chi connectivity index (χ3n) is 4.50. The molecule has 0 saturated carbocycles. The molecule has 21 heavy (non-hydrogen) atoms. The molecule has 0 amide bonds. The highest BCUT2D eigenvalue weighted by Crippen LogP contribution is 2.20. The summed E-state index contributed by atoms with van der Waals surface area (Å²) in [6.07, 6.45) is 7.60. The van der Waals surface area contributed by atoms with Crippen LogP contribution in [0.15, 0.2) is 0 Å². The van der Waals surface area contributed by atoms with Gasteiger partial charge in [0.15, 0.2) is 0 Å². The third-order valence-corrected chi connectivity index (χ3v) is 4.50. The Bertz CT molecular complexity index is 265. The number of rotatable bonds is 11. The molecule has 5 atom stereocenters. The van der Waals surface area contributed by atoms with Gasteiger partial charge in [0.1, 0.15) is 0 Å². The lowest BCUT2D eigenvalue weighted by Crippen LogP contribution is -2.44. The highest BCUT2D eigenvalue weighted by atomic mass is 16.3. The Balaban J connectivity index is 2.10. The Kier molecular flexibility index (Phi) is 9.44. The number of nitrogens with one attached hydrogen (secondary N) is 1. The van der Waals surface area contributed by atoms with Gasteiger partial charge in [-0.15, -0.1) is 0 Å². The third kappa shape index (κ3) is 6.20. The number of hydrogen-bond donors (Lipinski definition) is 5. The zero-order valence-electron chi connectivity index (χ0n) is 13.2. The van der Waals surface area contributed by atoms with Crippen LogP contribution < -0.4 is 5.32 Å². The quantitative estimate of drug-likeness (QED) is 0.366. The smallest absolute Gasteiger partial charge is 0.0993 e. The molecule has 1 rings (SSSR count). The lowest BCUT2D eigenvalue weighted by Gasteiger charge is -2.22. The summed E-state index contributed by atoms with van der Waals surface area (Å²) in [4.78, 5) is 0. The first-order valence-electron chi connectivity index (χ1n) is 8.53. The predicted octanol–water partition coefficient (Wildman–Crippen LogP) is 0.933. The van der Waals surface area contributed by atoms with E-state index in [1.54, 1.807) is 0 Å². The van der Waals surface area contributed by atoms with E-state index in [4.69, 9.17) is 5.11 Å². The summed E-state index contributed by atoms with van der Waals surface area (Å²) in [5.74, 6) is 0. The highest BCUT2D eigenvalue weighted by Gasteiger charge is 2.43. The molecule has 1 aliphatic heterocycles. The molecule has 5 heteroatoms. The molecule has 1 fully saturated rings. The monoisotopic (exact) mass is 303 g/mol. The average molecular weight is 303 g/mol. The van der Waals surface area contributed by atoms with Crippen molar-refractivity contribution in [1.82, 2.24) is 5.32 Å². The first-order valence-corrected chi connectivity index (χ1v) is 8.53. The first-order chi connectivity index (χ1) is 10.1. The second-order valence-electron chi connectivity index (χ2n) is 6.29. The fraction of sp³-hybridized carbons (Fsp3) is 1.00. The maximum Gasteiger partial charge on any atom is 0.0993 e. The summed E-state index contributed by atoms with van der Waals surface area (Å²) in [7, 11) is 0. The molecular weight excluding hydrogens is 270 g/mol. The molecule has 0 radical (unpaired) electrons. The van der Waals surface area contributed by atoms with Gasteiger partial charge in [-0.1, -0.05) is 58.3 Å². The summed E-state index contributed by atoms with van der Waals surface area (Å²) in [5.41, 5.74) is 0. The molecule has 5 nitrogen and oxygen atoms in total. The largest absolute Gasteiger partial charge is 0.395 e. The van der Waals surface area contributed by atoms with E-state index in [1.165, 1.54) is 38.5 Å². The van der Waals surface area contributed by atoms with Gasteiger partial charge in [0.25, 0.3) is 0 Å². The van der Waals surface area contributed by atoms with Gasteiger partial charge >= 0.3 is 0 Å². The summed E-state index contributed by atoms with van der Waals surface area (Å²) in [6.45, 7) is 1.98. The van der Waals surface area contributed by atoms with Gasteiger partial charge in [-0.2, -0.15) is 0 Å². The van der Waals surface area contributed by atoms with Crippen molar-refractivity contribution in [1.29, 1.82) is 0 Å². The molecule has 126 valence electrons. The van der Waals surface area contributed by atoms with E-state index in [2.05, 4.69) is 12.2 Å². The van der Waals surface area contributed by atoms with Crippen LogP contribution in [0, 0.1) is 0 Å². The zero-order chi connectivity index (χ0) is 15.7. The lowest BCUT2D eigenvalue weighted by atomic mass is 9.98. The molecule has 0 aliphatic carbocycles. The van der Waals surface area contributed by atoms with Gasteiger partial charge in [0, 0.05) is 0 Å². The van der Waals surface area contributed by atoms with Crippen molar-refractivity contribution in [2.24, 2.45) is 0 Å². The van der Waals surface area contributed by atoms with Crippen LogP contribution in [0.25, 0.3) is 0 Å². The van der Waals surface area contributed by atoms with Crippen LogP contribution in [-0.2, 0) is 0 Å². The molecule has 0 aromatic heterocycles. The normalized spacial score (nSPS) is 30.7. The standard InChI is InChI=1S/C16H33NO4/c1-2-3-4-5-6-7-8-9-10-13(19)14-16(21)15(20)12(11-18)17-14/h12-21H,2-11H2,1H3/t12-,13-,14-,15-,16-/m0/s1. The minimum absolute atomic E-state index is 0.237. The SMILES string of the molecule is CCCCCCCCCC[C@H](O)[C@@H]1N[C@@H](CO)[C@H](O)[C@H]1O. The number of aliphatic hydroxyl groups is 4. The minimum Gasteiger partial charge on any atom is -0.395 e. The summed E-state index contributed by atoms with van der Waals surface area (Å²) >= 11 is 0. The first kappa shape index (κ1) is 18.8. The van der Waals surface area contributed by atoms with E-state index in [0.717, 1.165) is 12.8 Å². The fourth-order valence-electron chi connectivity index (χ4n) is 3.06. The van der Waals surface area contributed by atoms with Crippen LogP contribution in [0.5, 0.6) is 0 Å². The Labute approximate surface area is 128 Å². The summed E-state index contributed by atoms with van der Waals surface area (Å²) in [6, 6.07) is -1.08. The zero-order valence-corrected chi connectivity index (χ0v) is 13.2. The molecule has 1 aliphatic rings. The van der Waals surface area contributed by atoms with Crippen molar-refractivity contribution in [2.45, 2.75) is 95.1 Å². The van der Waals surface area contributed by atoms with Crippen molar-refractivity contribution in [2.75, 3.05) is 6.61 Å². The molecule has 5 N–H and O–H groups in total. The summed E-state index contributed by atoms with van der Waals surface area (Å²) in [5, 5.41) is 41.7. The van der Waals surface area contributed by atoms with Crippen LogP contribution in [0.3, 0.4) is 0 Å². The molecule has 1 heterocycles. The van der Waals surface area contributed by atoms with E-state index in [9.17, 15) is 15.3 Å². The molecule has 1 saturated heterocycles. The van der Waals surface area contributed by atoms with Gasteiger partial charge in [0.05, 0.1) is 37.0 Å². The topological polar surface area (TPSA) is 93.0 Å². The maximum absolute atomic E-state index is 10.1. The second kappa shape index (κ2) is 10.5. The molecule has 0 unspecified atom stereocenters. The van der Waals surface area contributed by atoms with Crippen LogP contribution in [0.4, 0.5) is 0 Å². The van der Waals surface area contributed by atoms with Crippen molar-refractivity contribution >= 4 is 0 Å². The average Bonchev–Trinajstić information content (AvgIpc) is 2.77. The van der Waals surface area contributed by atoms with Gasteiger partial charge < -0.3 is 25.7 Å². The Morgan fingerprint density at radius 3 is 2.00 bits per heavy atom. The second-order valence-corrected chi connectivity index (χ2v) is 6.29. The van der Waals surface area contributed by atoms with E-state index >= 15 is 0 Å². The lowest BCUT2D eigenvalue weighted by molar-refractivity contribution is -0.00443. The van der Waals surface area contributed by atoms with E-state index in [1.807, 2.05) is 0 Å². The fourth-order valence-corrected chi connectivity index (χ4v) is 3.06. The molecule has 0 bridgehead atoms. The van der Waals surface area contributed by atoms with Crippen LogP contribution in [0.2, 0.25) is 0 Å². The maximum atomic E-state index is 10.1. The van der Waals surface area contributed by atoms with Gasteiger partial charge in [-0.05, 0) is 6.42 Å². The van der Waals surface area contributed by atoms with Crippen LogP contribution in [0.1, 0.15) is 64.7 Å². The Morgan fingerprint density at radius 2 is 1.48 bits per heavy atom. The predicted molar refractivity (Wildman–Crippen MR) is 83.0 cm³/mol. The number of aliphatic hydroxyl groups excluding tert-OH is 4. The van der Waals surface area contributed by atoms with E-state index < -0.39 is 30.4 Å². The van der Waals surface area contributed by atoms with Gasteiger partial charge in [-0.25, -0.2) is 0 Å².